The van der Waals surface area contributed by atoms with E-state index in [0.717, 1.165) is 10.4 Å². The summed E-state index contributed by atoms with van der Waals surface area (Å²) in [7, 11) is 4.82. The van der Waals surface area contributed by atoms with E-state index >= 15 is 0 Å². The van der Waals surface area contributed by atoms with Crippen molar-refractivity contribution in [2.45, 2.75) is 6.54 Å². The number of nitrogens with zero attached hydrogens (tertiary/aromatic N) is 3. The summed E-state index contributed by atoms with van der Waals surface area (Å²) < 4.78 is 15.7. The van der Waals surface area contributed by atoms with Gasteiger partial charge in [-0.2, -0.15) is 4.98 Å². The van der Waals surface area contributed by atoms with Crippen molar-refractivity contribution in [3.63, 3.8) is 0 Å². The lowest BCUT2D eigenvalue weighted by Crippen LogP contribution is -2.24. The van der Waals surface area contributed by atoms with Gasteiger partial charge in [0.1, 0.15) is 0 Å². The molecule has 3 rings (SSSR count). The zero-order valence-electron chi connectivity index (χ0n) is 15.2. The smallest absolute Gasteiger partial charge is 0.246 e. The number of amides is 1. The number of likely N-dealkylation sites (N-methyl/N-ethyl adjacent to an activating group) is 1. The zero-order chi connectivity index (χ0) is 19.2. The number of hydrogen-bond donors (Lipinski definition) is 0. The fourth-order valence-electron chi connectivity index (χ4n) is 2.36. The fraction of sp³-hybridized carbons (Fsp3) is 0.211. The molecule has 0 saturated carbocycles. The Hall–Kier alpha value is -3.13. The van der Waals surface area contributed by atoms with E-state index in [1.54, 1.807) is 39.5 Å². The van der Waals surface area contributed by atoms with Gasteiger partial charge in [0.15, 0.2) is 11.5 Å². The monoisotopic (exact) mass is 385 g/mol. The van der Waals surface area contributed by atoms with Gasteiger partial charge in [-0.3, -0.25) is 4.79 Å². The van der Waals surface area contributed by atoms with E-state index in [1.165, 1.54) is 22.3 Å². The summed E-state index contributed by atoms with van der Waals surface area (Å²) in [4.78, 5) is 19.1. The first-order valence-electron chi connectivity index (χ1n) is 8.12. The second-order valence-corrected chi connectivity index (χ2v) is 6.58. The minimum Gasteiger partial charge on any atom is -0.493 e. The van der Waals surface area contributed by atoms with Gasteiger partial charge in [-0.1, -0.05) is 17.3 Å². The Kier molecular flexibility index (Phi) is 5.87. The molecule has 0 aliphatic heterocycles. The highest BCUT2D eigenvalue weighted by atomic mass is 32.1. The van der Waals surface area contributed by atoms with Crippen LogP contribution in [0.25, 0.3) is 16.8 Å². The van der Waals surface area contributed by atoms with Crippen molar-refractivity contribution in [3.8, 4) is 22.2 Å². The Morgan fingerprint density at radius 3 is 2.78 bits per heavy atom. The van der Waals surface area contributed by atoms with E-state index in [2.05, 4.69) is 10.1 Å². The summed E-state index contributed by atoms with van der Waals surface area (Å²) in [6, 6.07) is 9.27. The maximum absolute atomic E-state index is 12.3. The van der Waals surface area contributed by atoms with E-state index in [4.69, 9.17) is 14.0 Å². The van der Waals surface area contributed by atoms with Crippen LogP contribution >= 0.6 is 11.3 Å². The molecule has 0 radical (unpaired) electrons. The Morgan fingerprint density at radius 2 is 2.07 bits per heavy atom. The lowest BCUT2D eigenvalue weighted by molar-refractivity contribution is -0.125. The van der Waals surface area contributed by atoms with Crippen molar-refractivity contribution in [1.29, 1.82) is 0 Å². The summed E-state index contributed by atoms with van der Waals surface area (Å²) in [6.45, 7) is 0.230. The van der Waals surface area contributed by atoms with Crippen LogP contribution in [-0.4, -0.2) is 42.2 Å². The normalized spacial score (nSPS) is 10.9. The molecule has 0 spiro atoms. The first kappa shape index (κ1) is 18.7. The molecule has 0 aliphatic rings. The van der Waals surface area contributed by atoms with Crippen molar-refractivity contribution in [2.75, 3.05) is 21.3 Å². The molecule has 0 bridgehead atoms. The number of benzene rings is 1. The van der Waals surface area contributed by atoms with E-state index in [0.29, 0.717) is 23.2 Å². The van der Waals surface area contributed by atoms with Gasteiger partial charge in [-0.15, -0.1) is 11.3 Å². The summed E-state index contributed by atoms with van der Waals surface area (Å²) in [6.07, 6.45) is 3.20. The maximum Gasteiger partial charge on any atom is 0.246 e. The lowest BCUT2D eigenvalue weighted by Gasteiger charge is -2.12. The second kappa shape index (κ2) is 8.50. The van der Waals surface area contributed by atoms with Crippen LogP contribution in [-0.2, 0) is 11.3 Å². The van der Waals surface area contributed by atoms with Gasteiger partial charge in [-0.25, -0.2) is 0 Å². The summed E-state index contributed by atoms with van der Waals surface area (Å²) in [5.41, 5.74) is 0.826. The maximum atomic E-state index is 12.3. The van der Waals surface area contributed by atoms with Gasteiger partial charge in [0.25, 0.3) is 0 Å². The van der Waals surface area contributed by atoms with Crippen molar-refractivity contribution >= 4 is 23.3 Å². The first-order chi connectivity index (χ1) is 13.1. The Labute approximate surface area is 160 Å². The standard InChI is InChI=1S/C19H19N3O4S/c1-22(12-17-20-19(21-26-17)16-5-4-10-27-16)18(23)9-7-13-6-8-14(24-2)15(11-13)25-3/h4-11H,12H2,1-3H3. The van der Waals surface area contributed by atoms with Crippen LogP contribution < -0.4 is 9.47 Å². The van der Waals surface area contributed by atoms with Crippen LogP contribution in [0.2, 0.25) is 0 Å². The first-order valence-corrected chi connectivity index (χ1v) is 9.00. The van der Waals surface area contributed by atoms with E-state index in [1.807, 2.05) is 23.6 Å². The number of rotatable bonds is 7. The predicted molar refractivity (Wildman–Crippen MR) is 103 cm³/mol. The highest BCUT2D eigenvalue weighted by Crippen LogP contribution is 2.28. The molecule has 0 fully saturated rings. The molecule has 2 heterocycles. The number of thiophene rings is 1. The highest BCUT2D eigenvalue weighted by Gasteiger charge is 2.13. The van der Waals surface area contributed by atoms with Crippen molar-refractivity contribution in [1.82, 2.24) is 15.0 Å². The third-order valence-corrected chi connectivity index (χ3v) is 4.65. The largest absolute Gasteiger partial charge is 0.493 e. The van der Waals surface area contributed by atoms with Gasteiger partial charge in [0, 0.05) is 13.1 Å². The number of hydrogen-bond acceptors (Lipinski definition) is 7. The SMILES string of the molecule is COc1ccc(C=CC(=O)N(C)Cc2nc(-c3cccs3)no2)cc1OC. The Bertz CT molecular complexity index is 934. The average Bonchev–Trinajstić information content (AvgIpc) is 3.37. The molecule has 1 aromatic carbocycles. The van der Waals surface area contributed by atoms with Crippen molar-refractivity contribution in [2.24, 2.45) is 0 Å². The second-order valence-electron chi connectivity index (χ2n) is 5.63. The summed E-state index contributed by atoms with van der Waals surface area (Å²) >= 11 is 1.53. The van der Waals surface area contributed by atoms with Crippen LogP contribution in [0.1, 0.15) is 11.5 Å². The average molecular weight is 385 g/mol. The van der Waals surface area contributed by atoms with Crippen LogP contribution in [0.15, 0.2) is 46.3 Å². The highest BCUT2D eigenvalue weighted by molar-refractivity contribution is 7.13. The molecule has 7 nitrogen and oxygen atoms in total. The number of carbonyl (C=O) groups excluding carboxylic acids is 1. The van der Waals surface area contributed by atoms with Crippen LogP contribution in [0.3, 0.4) is 0 Å². The van der Waals surface area contributed by atoms with Gasteiger partial charge >= 0.3 is 0 Å². The minimum absolute atomic E-state index is 0.180. The molecular formula is C19H19N3O4S. The quantitative estimate of drug-likeness (QED) is 0.580. The molecule has 140 valence electrons. The molecular weight excluding hydrogens is 366 g/mol. The molecule has 27 heavy (non-hydrogen) atoms. The Morgan fingerprint density at radius 1 is 1.26 bits per heavy atom. The van der Waals surface area contributed by atoms with Crippen molar-refractivity contribution < 1.29 is 18.8 Å². The molecule has 3 aromatic rings. The predicted octanol–water partition coefficient (Wildman–Crippen LogP) is 3.49. The molecule has 0 unspecified atom stereocenters. The number of aromatic nitrogens is 2. The van der Waals surface area contributed by atoms with Gasteiger partial charge < -0.3 is 18.9 Å². The van der Waals surface area contributed by atoms with Crippen LogP contribution in [0, 0.1) is 0 Å². The molecule has 8 heteroatoms. The molecule has 0 N–H and O–H groups in total. The zero-order valence-corrected chi connectivity index (χ0v) is 16.0. The third-order valence-electron chi connectivity index (χ3n) is 3.78. The van der Waals surface area contributed by atoms with E-state index in [9.17, 15) is 4.79 Å². The van der Waals surface area contributed by atoms with Crippen LogP contribution in [0.4, 0.5) is 0 Å². The minimum atomic E-state index is -0.180. The van der Waals surface area contributed by atoms with E-state index < -0.39 is 0 Å². The molecule has 0 atom stereocenters. The van der Waals surface area contributed by atoms with Crippen LogP contribution in [0.5, 0.6) is 11.5 Å². The number of ether oxygens (including phenoxy) is 2. The van der Waals surface area contributed by atoms with E-state index in [-0.39, 0.29) is 12.5 Å². The Balaban J connectivity index is 1.63. The summed E-state index contributed by atoms with van der Waals surface area (Å²) in [5, 5.41) is 5.89. The van der Waals surface area contributed by atoms with Crippen molar-refractivity contribution in [3.05, 3.63) is 53.2 Å². The lowest BCUT2D eigenvalue weighted by atomic mass is 10.2. The van der Waals surface area contributed by atoms with Gasteiger partial charge in [0.2, 0.25) is 17.6 Å². The summed E-state index contributed by atoms with van der Waals surface area (Å²) in [5.74, 6) is 1.97. The fourth-order valence-corrected chi connectivity index (χ4v) is 3.01. The number of methoxy groups -OCH3 is 2. The van der Waals surface area contributed by atoms with Gasteiger partial charge in [-0.05, 0) is 35.2 Å². The molecule has 1 amide bonds. The topological polar surface area (TPSA) is 77.7 Å². The molecule has 2 aromatic heterocycles. The third kappa shape index (κ3) is 4.53. The number of carbonyl (C=O) groups is 1. The molecule has 0 saturated heterocycles. The van der Waals surface area contributed by atoms with Gasteiger partial charge in [0.05, 0.1) is 25.6 Å². The molecule has 0 aliphatic carbocycles.